The molecule has 11 rings (SSSR count). The summed E-state index contributed by atoms with van der Waals surface area (Å²) >= 11 is 0. The topological polar surface area (TPSA) is 3.24 Å². The molecule has 0 aliphatic heterocycles. The predicted octanol–water partition coefficient (Wildman–Crippen LogP) is 17.0. The summed E-state index contributed by atoms with van der Waals surface area (Å²) in [6.45, 7) is 0. The zero-order chi connectivity index (χ0) is 40.5. The normalized spacial score (nSPS) is 11.3. The zero-order valence-corrected chi connectivity index (χ0v) is 33.6. The fraction of sp³-hybridized carbons (Fsp3) is 0. The molecule has 11 aromatic carbocycles. The van der Waals surface area contributed by atoms with E-state index in [4.69, 9.17) is 0 Å². The highest BCUT2D eigenvalue weighted by Crippen LogP contribution is 2.45. The Hall–Kier alpha value is -8.00. The zero-order valence-electron chi connectivity index (χ0n) is 33.6. The van der Waals surface area contributed by atoms with Gasteiger partial charge in [-0.15, -0.1) is 0 Å². The van der Waals surface area contributed by atoms with Crippen molar-refractivity contribution in [2.24, 2.45) is 0 Å². The van der Waals surface area contributed by atoms with Crippen molar-refractivity contribution in [2.75, 3.05) is 4.90 Å². The van der Waals surface area contributed by atoms with E-state index in [-0.39, 0.29) is 0 Å². The maximum Gasteiger partial charge on any atom is 0.0546 e. The van der Waals surface area contributed by atoms with Crippen LogP contribution in [-0.2, 0) is 0 Å². The van der Waals surface area contributed by atoms with Gasteiger partial charge in [0.1, 0.15) is 0 Å². The molecule has 61 heavy (non-hydrogen) atoms. The minimum Gasteiger partial charge on any atom is -0.310 e. The number of anilines is 3. The van der Waals surface area contributed by atoms with Crippen molar-refractivity contribution in [2.45, 2.75) is 0 Å². The highest BCUT2D eigenvalue weighted by Gasteiger charge is 2.19. The van der Waals surface area contributed by atoms with Crippen LogP contribution in [0.2, 0.25) is 0 Å². The van der Waals surface area contributed by atoms with E-state index < -0.39 is 0 Å². The fourth-order valence-electron chi connectivity index (χ4n) is 9.12. The van der Waals surface area contributed by atoms with Crippen LogP contribution in [0.25, 0.3) is 88.0 Å². The number of fused-ring (bicyclic) bond motifs is 4. The standard InChI is InChI=1S/C60H41N/c1-2-17-44(18-3-1)51-21-8-10-24-54(51)57-27-12-13-28-58(57)55-25-11-9-22-52(55)45-34-38-50(39-35-45)61(60-41-48-20-6-7-23-53(48)56-26-14-15-29-59(56)60)49-36-32-43(33-37-49)47-31-30-42-16-4-5-19-46(42)40-47/h1-41H. The van der Waals surface area contributed by atoms with E-state index in [0.717, 1.165) is 17.1 Å². The van der Waals surface area contributed by atoms with Gasteiger partial charge >= 0.3 is 0 Å². The lowest BCUT2D eigenvalue weighted by atomic mass is 9.87. The van der Waals surface area contributed by atoms with Gasteiger partial charge in [0.25, 0.3) is 0 Å². The molecule has 0 spiro atoms. The summed E-state index contributed by atoms with van der Waals surface area (Å²) in [6.07, 6.45) is 0. The van der Waals surface area contributed by atoms with Gasteiger partial charge in [-0.25, -0.2) is 0 Å². The third-order valence-electron chi connectivity index (χ3n) is 12.1. The third kappa shape index (κ3) is 6.73. The number of hydrogen-bond donors (Lipinski definition) is 0. The first kappa shape index (κ1) is 36.1. The Balaban J connectivity index is 1.03. The van der Waals surface area contributed by atoms with Gasteiger partial charge in [-0.3, -0.25) is 0 Å². The second-order valence-corrected chi connectivity index (χ2v) is 15.7. The van der Waals surface area contributed by atoms with Gasteiger partial charge < -0.3 is 4.90 Å². The monoisotopic (exact) mass is 775 g/mol. The molecular weight excluding hydrogens is 735 g/mol. The molecule has 0 saturated carbocycles. The van der Waals surface area contributed by atoms with Crippen molar-refractivity contribution in [1.29, 1.82) is 0 Å². The maximum atomic E-state index is 2.42. The smallest absolute Gasteiger partial charge is 0.0546 e. The summed E-state index contributed by atoms with van der Waals surface area (Å²) in [6, 6.07) is 90.4. The van der Waals surface area contributed by atoms with Gasteiger partial charge in [0, 0.05) is 16.8 Å². The Kier molecular flexibility index (Phi) is 9.26. The molecule has 0 bridgehead atoms. The van der Waals surface area contributed by atoms with Crippen LogP contribution in [0.5, 0.6) is 0 Å². The van der Waals surface area contributed by atoms with E-state index >= 15 is 0 Å². The van der Waals surface area contributed by atoms with Gasteiger partial charge in [-0.05, 0) is 119 Å². The maximum absolute atomic E-state index is 2.42. The molecule has 1 nitrogen and oxygen atoms in total. The van der Waals surface area contributed by atoms with E-state index in [1.807, 2.05) is 0 Å². The Morgan fingerprint density at radius 2 is 0.623 bits per heavy atom. The van der Waals surface area contributed by atoms with Crippen LogP contribution < -0.4 is 4.90 Å². The lowest BCUT2D eigenvalue weighted by Gasteiger charge is -2.28. The van der Waals surface area contributed by atoms with Gasteiger partial charge in [0.15, 0.2) is 0 Å². The minimum atomic E-state index is 1.09. The molecule has 0 radical (unpaired) electrons. The van der Waals surface area contributed by atoms with E-state index in [1.54, 1.807) is 0 Å². The molecule has 0 unspecified atom stereocenters. The molecule has 0 N–H and O–H groups in total. The average molecular weight is 776 g/mol. The minimum absolute atomic E-state index is 1.09. The van der Waals surface area contributed by atoms with E-state index in [0.29, 0.717) is 0 Å². The second-order valence-electron chi connectivity index (χ2n) is 15.7. The summed E-state index contributed by atoms with van der Waals surface area (Å²) in [5.41, 5.74) is 15.4. The average Bonchev–Trinajstić information content (AvgIpc) is 3.35. The summed E-state index contributed by atoms with van der Waals surface area (Å²) in [5.74, 6) is 0. The molecule has 0 aliphatic rings. The molecule has 0 aromatic heterocycles. The second kappa shape index (κ2) is 15.6. The lowest BCUT2D eigenvalue weighted by Crippen LogP contribution is -2.10. The van der Waals surface area contributed by atoms with Crippen LogP contribution in [0.3, 0.4) is 0 Å². The Morgan fingerprint density at radius 1 is 0.213 bits per heavy atom. The highest BCUT2D eigenvalue weighted by molar-refractivity contribution is 6.14. The molecule has 0 saturated heterocycles. The number of rotatable bonds is 8. The predicted molar refractivity (Wildman–Crippen MR) is 261 cm³/mol. The Morgan fingerprint density at radius 3 is 1.23 bits per heavy atom. The molecule has 286 valence electrons. The first-order valence-corrected chi connectivity index (χ1v) is 21.0. The van der Waals surface area contributed by atoms with Crippen LogP contribution >= 0.6 is 0 Å². The quantitative estimate of drug-likeness (QED) is 0.139. The van der Waals surface area contributed by atoms with Crippen molar-refractivity contribution in [3.05, 3.63) is 249 Å². The van der Waals surface area contributed by atoms with Crippen LogP contribution in [0.4, 0.5) is 17.1 Å². The Bertz CT molecular complexity index is 3340. The fourth-order valence-corrected chi connectivity index (χ4v) is 9.12. The molecule has 0 amide bonds. The van der Waals surface area contributed by atoms with Gasteiger partial charge in [-0.1, -0.05) is 212 Å². The molecule has 0 atom stereocenters. The summed E-state index contributed by atoms with van der Waals surface area (Å²) < 4.78 is 0. The third-order valence-corrected chi connectivity index (χ3v) is 12.1. The largest absolute Gasteiger partial charge is 0.310 e. The van der Waals surface area contributed by atoms with Crippen molar-refractivity contribution in [3.8, 4) is 55.6 Å². The number of hydrogen-bond acceptors (Lipinski definition) is 1. The molecule has 1 heteroatoms. The molecule has 0 heterocycles. The molecule has 11 aromatic rings. The van der Waals surface area contributed by atoms with Gasteiger partial charge in [0.2, 0.25) is 0 Å². The van der Waals surface area contributed by atoms with Gasteiger partial charge in [-0.2, -0.15) is 0 Å². The molecule has 0 aliphatic carbocycles. The van der Waals surface area contributed by atoms with E-state index in [9.17, 15) is 0 Å². The summed E-state index contributed by atoms with van der Waals surface area (Å²) in [7, 11) is 0. The van der Waals surface area contributed by atoms with Crippen LogP contribution in [0.1, 0.15) is 0 Å². The summed E-state index contributed by atoms with van der Waals surface area (Å²) in [5, 5.41) is 7.42. The van der Waals surface area contributed by atoms with Crippen molar-refractivity contribution < 1.29 is 0 Å². The first-order valence-electron chi connectivity index (χ1n) is 21.0. The number of nitrogens with zero attached hydrogens (tertiary/aromatic N) is 1. The first-order chi connectivity index (χ1) is 30.3. The van der Waals surface area contributed by atoms with Crippen LogP contribution in [0.15, 0.2) is 249 Å². The number of benzene rings is 11. The summed E-state index contributed by atoms with van der Waals surface area (Å²) in [4.78, 5) is 2.42. The van der Waals surface area contributed by atoms with Crippen LogP contribution in [-0.4, -0.2) is 0 Å². The van der Waals surface area contributed by atoms with Gasteiger partial charge in [0.05, 0.1) is 5.69 Å². The van der Waals surface area contributed by atoms with Crippen molar-refractivity contribution in [3.63, 3.8) is 0 Å². The molecule has 0 fully saturated rings. The molecular formula is C60H41N. The lowest BCUT2D eigenvalue weighted by molar-refractivity contribution is 1.30. The highest BCUT2D eigenvalue weighted by atomic mass is 15.1. The van der Waals surface area contributed by atoms with E-state index in [1.165, 1.54) is 88.0 Å². The van der Waals surface area contributed by atoms with Crippen molar-refractivity contribution >= 4 is 49.4 Å². The van der Waals surface area contributed by atoms with E-state index in [2.05, 4.69) is 254 Å². The van der Waals surface area contributed by atoms with Crippen LogP contribution in [0, 0.1) is 0 Å². The SMILES string of the molecule is c1ccc(-c2ccccc2-c2ccccc2-c2ccccc2-c2ccc(N(c3ccc(-c4ccc5ccccc5c4)cc3)c3cc4ccccc4c4ccccc34)cc2)cc1. The Labute approximate surface area is 357 Å². The van der Waals surface area contributed by atoms with Crippen molar-refractivity contribution in [1.82, 2.24) is 0 Å².